The second-order valence-corrected chi connectivity index (χ2v) is 7.29. The van der Waals surface area contributed by atoms with Gasteiger partial charge in [-0.1, -0.05) is 61.9 Å². The number of rotatable bonds is 4. The highest BCUT2D eigenvalue weighted by Crippen LogP contribution is 2.27. The van der Waals surface area contributed by atoms with E-state index in [1.807, 2.05) is 24.3 Å². The van der Waals surface area contributed by atoms with E-state index in [4.69, 9.17) is 4.74 Å². The van der Waals surface area contributed by atoms with Gasteiger partial charge in [-0.2, -0.15) is 0 Å². The summed E-state index contributed by atoms with van der Waals surface area (Å²) in [5, 5.41) is 3.12. The van der Waals surface area contributed by atoms with Crippen molar-refractivity contribution in [3.63, 3.8) is 0 Å². The first-order valence-corrected chi connectivity index (χ1v) is 8.51. The Hall–Kier alpha value is -2.29. The van der Waals surface area contributed by atoms with Gasteiger partial charge in [0.25, 0.3) is 0 Å². The molecule has 0 saturated heterocycles. The van der Waals surface area contributed by atoms with E-state index in [0.717, 1.165) is 17.7 Å². The van der Waals surface area contributed by atoms with Crippen LogP contribution in [0.2, 0.25) is 0 Å². The molecule has 3 heteroatoms. The number of carbonyl (C=O) groups excluding carboxylic acids is 1. The molecule has 0 fully saturated rings. The highest BCUT2D eigenvalue weighted by atomic mass is 16.5. The van der Waals surface area contributed by atoms with Crippen molar-refractivity contribution in [2.45, 2.75) is 32.6 Å². The number of ether oxygens (including phenoxy) is 1. The van der Waals surface area contributed by atoms with Gasteiger partial charge in [-0.05, 0) is 30.5 Å². The van der Waals surface area contributed by atoms with Gasteiger partial charge in [-0.25, -0.2) is 0 Å². The van der Waals surface area contributed by atoms with Crippen molar-refractivity contribution >= 4 is 5.91 Å². The number of nitrogens with one attached hydrogen (secondary N) is 1. The minimum absolute atomic E-state index is 0.0743. The van der Waals surface area contributed by atoms with Crippen LogP contribution in [0.1, 0.15) is 30.5 Å². The minimum atomic E-state index is -0.117. The summed E-state index contributed by atoms with van der Waals surface area (Å²) < 4.78 is 5.73. The van der Waals surface area contributed by atoms with Crippen molar-refractivity contribution in [3.05, 3.63) is 65.2 Å². The molecule has 1 aliphatic rings. The second kappa shape index (κ2) is 6.68. The quantitative estimate of drug-likeness (QED) is 0.933. The second-order valence-electron chi connectivity index (χ2n) is 7.29. The number of amides is 1. The standard InChI is InChI=1S/C21H25NO2/c1-15-7-6-9-18(11-15)21(2,3)14-22-20(23)17-12-16-8-4-5-10-19(16)24-13-17/h4-11,17H,12-14H2,1-3H3,(H,22,23). The van der Waals surface area contributed by atoms with Crippen LogP contribution in [0, 0.1) is 12.8 Å². The summed E-state index contributed by atoms with van der Waals surface area (Å²) >= 11 is 0. The predicted octanol–water partition coefficient (Wildman–Crippen LogP) is 3.64. The zero-order valence-electron chi connectivity index (χ0n) is 14.6. The van der Waals surface area contributed by atoms with Crippen molar-refractivity contribution < 1.29 is 9.53 Å². The third kappa shape index (κ3) is 3.61. The molecule has 1 aliphatic heterocycles. The molecule has 0 aliphatic carbocycles. The van der Waals surface area contributed by atoms with E-state index in [1.54, 1.807) is 0 Å². The Balaban J connectivity index is 1.61. The van der Waals surface area contributed by atoms with Crippen molar-refractivity contribution in [3.8, 4) is 5.75 Å². The molecule has 1 heterocycles. The lowest BCUT2D eigenvalue weighted by Gasteiger charge is -2.29. The lowest BCUT2D eigenvalue weighted by atomic mass is 9.83. The molecule has 1 N–H and O–H groups in total. The van der Waals surface area contributed by atoms with Gasteiger partial charge in [0.15, 0.2) is 0 Å². The summed E-state index contributed by atoms with van der Waals surface area (Å²) in [7, 11) is 0. The van der Waals surface area contributed by atoms with E-state index in [-0.39, 0.29) is 17.2 Å². The molecule has 24 heavy (non-hydrogen) atoms. The number of hydrogen-bond acceptors (Lipinski definition) is 2. The van der Waals surface area contributed by atoms with Crippen LogP contribution in [0.15, 0.2) is 48.5 Å². The molecule has 0 bridgehead atoms. The minimum Gasteiger partial charge on any atom is -0.492 e. The molecule has 1 amide bonds. The maximum Gasteiger partial charge on any atom is 0.226 e. The first-order chi connectivity index (χ1) is 11.5. The SMILES string of the molecule is Cc1cccc(C(C)(C)CNC(=O)C2COc3ccccc3C2)c1. The Bertz CT molecular complexity index is 736. The molecule has 2 aromatic rings. The van der Waals surface area contributed by atoms with Gasteiger partial charge in [0.05, 0.1) is 5.92 Å². The Morgan fingerprint density at radius 1 is 1.21 bits per heavy atom. The summed E-state index contributed by atoms with van der Waals surface area (Å²) in [6, 6.07) is 16.4. The molecule has 3 nitrogen and oxygen atoms in total. The van der Waals surface area contributed by atoms with Gasteiger partial charge in [0.1, 0.15) is 12.4 Å². The van der Waals surface area contributed by atoms with E-state index in [9.17, 15) is 4.79 Å². The van der Waals surface area contributed by atoms with Crippen molar-refractivity contribution in [2.24, 2.45) is 5.92 Å². The Kier molecular flexibility index (Phi) is 4.61. The average Bonchev–Trinajstić information content (AvgIpc) is 2.59. The largest absolute Gasteiger partial charge is 0.492 e. The van der Waals surface area contributed by atoms with E-state index < -0.39 is 0 Å². The van der Waals surface area contributed by atoms with Gasteiger partial charge >= 0.3 is 0 Å². The topological polar surface area (TPSA) is 38.3 Å². The Morgan fingerprint density at radius 2 is 2.00 bits per heavy atom. The van der Waals surface area contributed by atoms with Crippen LogP contribution in [0.4, 0.5) is 0 Å². The third-order valence-corrected chi connectivity index (χ3v) is 4.75. The number of carbonyl (C=O) groups is 1. The maximum absolute atomic E-state index is 12.6. The number of aryl methyl sites for hydroxylation is 1. The number of hydrogen-bond donors (Lipinski definition) is 1. The molecule has 0 saturated carbocycles. The van der Waals surface area contributed by atoms with Crippen LogP contribution in [0.5, 0.6) is 5.75 Å². The molecular weight excluding hydrogens is 298 g/mol. The summed E-state index contributed by atoms with van der Waals surface area (Å²) in [5.41, 5.74) is 3.49. The molecule has 0 radical (unpaired) electrons. The molecule has 0 aromatic heterocycles. The lowest BCUT2D eigenvalue weighted by Crippen LogP contribution is -2.42. The fourth-order valence-electron chi connectivity index (χ4n) is 3.12. The smallest absolute Gasteiger partial charge is 0.226 e. The molecule has 126 valence electrons. The zero-order chi connectivity index (χ0) is 17.2. The normalized spacial score (nSPS) is 16.9. The monoisotopic (exact) mass is 323 g/mol. The summed E-state index contributed by atoms with van der Waals surface area (Å²) in [6.45, 7) is 7.49. The average molecular weight is 323 g/mol. The van der Waals surface area contributed by atoms with Crippen LogP contribution in [-0.2, 0) is 16.6 Å². The molecule has 3 rings (SSSR count). The molecule has 0 spiro atoms. The van der Waals surface area contributed by atoms with Gasteiger partial charge in [0.2, 0.25) is 5.91 Å². The van der Waals surface area contributed by atoms with E-state index in [2.05, 4.69) is 50.4 Å². The first-order valence-electron chi connectivity index (χ1n) is 8.51. The Morgan fingerprint density at radius 3 is 2.79 bits per heavy atom. The molecule has 1 atom stereocenters. The number of benzene rings is 2. The van der Waals surface area contributed by atoms with Gasteiger partial charge in [-0.15, -0.1) is 0 Å². The lowest BCUT2D eigenvalue weighted by molar-refractivity contribution is -0.126. The van der Waals surface area contributed by atoms with Crippen molar-refractivity contribution in [1.29, 1.82) is 0 Å². The van der Waals surface area contributed by atoms with Crippen molar-refractivity contribution in [1.82, 2.24) is 5.32 Å². The zero-order valence-corrected chi connectivity index (χ0v) is 14.6. The first kappa shape index (κ1) is 16.6. The van der Waals surface area contributed by atoms with Crippen LogP contribution in [-0.4, -0.2) is 19.1 Å². The molecular formula is C21H25NO2. The van der Waals surface area contributed by atoms with E-state index >= 15 is 0 Å². The van der Waals surface area contributed by atoms with Crippen LogP contribution in [0.3, 0.4) is 0 Å². The maximum atomic E-state index is 12.6. The van der Waals surface area contributed by atoms with Gasteiger partial charge < -0.3 is 10.1 Å². The molecule has 2 aromatic carbocycles. The van der Waals surface area contributed by atoms with E-state index in [1.165, 1.54) is 11.1 Å². The Labute approximate surface area is 144 Å². The summed E-state index contributed by atoms with van der Waals surface area (Å²) in [4.78, 5) is 12.6. The fraction of sp³-hybridized carbons (Fsp3) is 0.381. The van der Waals surface area contributed by atoms with Crippen molar-refractivity contribution in [2.75, 3.05) is 13.2 Å². The summed E-state index contributed by atoms with van der Waals surface area (Å²) in [6.07, 6.45) is 0.743. The van der Waals surface area contributed by atoms with Crippen LogP contribution >= 0.6 is 0 Å². The predicted molar refractivity (Wildman–Crippen MR) is 96.3 cm³/mol. The molecule has 1 unspecified atom stereocenters. The highest BCUT2D eigenvalue weighted by molar-refractivity contribution is 5.79. The van der Waals surface area contributed by atoms with Gasteiger partial charge in [0, 0.05) is 12.0 Å². The third-order valence-electron chi connectivity index (χ3n) is 4.75. The number of para-hydroxylation sites is 1. The number of fused-ring (bicyclic) bond motifs is 1. The summed E-state index contributed by atoms with van der Waals surface area (Å²) in [5.74, 6) is 0.861. The fourth-order valence-corrected chi connectivity index (χ4v) is 3.12. The highest BCUT2D eigenvalue weighted by Gasteiger charge is 2.28. The van der Waals surface area contributed by atoms with Crippen LogP contribution < -0.4 is 10.1 Å². The van der Waals surface area contributed by atoms with E-state index in [0.29, 0.717) is 13.2 Å². The van der Waals surface area contributed by atoms with Crippen LogP contribution in [0.25, 0.3) is 0 Å². The van der Waals surface area contributed by atoms with Gasteiger partial charge in [-0.3, -0.25) is 4.79 Å².